The molecule has 3 heteroatoms. The van der Waals surface area contributed by atoms with E-state index in [1.165, 1.54) is 0 Å². The van der Waals surface area contributed by atoms with E-state index < -0.39 is 0 Å². The van der Waals surface area contributed by atoms with E-state index in [1.807, 2.05) is 24.3 Å². The number of hydrogen-bond donors (Lipinski definition) is 2. The van der Waals surface area contributed by atoms with Crippen molar-refractivity contribution in [3.05, 3.63) is 24.3 Å². The second-order valence-corrected chi connectivity index (χ2v) is 5.61. The molecule has 1 fully saturated rings. The summed E-state index contributed by atoms with van der Waals surface area (Å²) < 4.78 is 5.73. The van der Waals surface area contributed by atoms with Gasteiger partial charge in [-0.15, -0.1) is 0 Å². The van der Waals surface area contributed by atoms with Gasteiger partial charge in [0, 0.05) is 11.5 Å². The molecule has 2 unspecified atom stereocenters. The molecule has 2 atom stereocenters. The van der Waals surface area contributed by atoms with Crippen LogP contribution < -0.4 is 10.1 Å². The van der Waals surface area contributed by atoms with Crippen LogP contribution in [0.2, 0.25) is 0 Å². The van der Waals surface area contributed by atoms with Gasteiger partial charge in [0.2, 0.25) is 0 Å². The third-order valence-electron chi connectivity index (χ3n) is 3.89. The Morgan fingerprint density at radius 3 is 2.72 bits per heavy atom. The lowest BCUT2D eigenvalue weighted by molar-refractivity contribution is -0.0511. The lowest BCUT2D eigenvalue weighted by Gasteiger charge is -2.50. The minimum Gasteiger partial charge on any atom is -0.491 e. The first-order valence-electron chi connectivity index (χ1n) is 6.72. The SMILES string of the molecule is CCCOc1ccccc1NC1CC(O)C1(C)C. The average Bonchev–Trinajstić information content (AvgIpc) is 2.37. The van der Waals surface area contributed by atoms with E-state index in [2.05, 4.69) is 26.1 Å². The molecule has 1 aliphatic rings. The van der Waals surface area contributed by atoms with E-state index in [0.29, 0.717) is 6.04 Å². The molecule has 1 saturated carbocycles. The van der Waals surface area contributed by atoms with E-state index in [9.17, 15) is 5.11 Å². The molecule has 0 aromatic heterocycles. The largest absolute Gasteiger partial charge is 0.491 e. The molecule has 18 heavy (non-hydrogen) atoms. The van der Waals surface area contributed by atoms with Gasteiger partial charge in [-0.05, 0) is 25.0 Å². The van der Waals surface area contributed by atoms with Gasteiger partial charge < -0.3 is 15.2 Å². The molecule has 0 radical (unpaired) electrons. The first-order chi connectivity index (χ1) is 8.55. The number of aliphatic hydroxyl groups excluding tert-OH is 1. The number of aliphatic hydroxyl groups is 1. The number of anilines is 1. The molecule has 0 bridgehead atoms. The van der Waals surface area contributed by atoms with Gasteiger partial charge in [0.1, 0.15) is 5.75 Å². The summed E-state index contributed by atoms with van der Waals surface area (Å²) in [4.78, 5) is 0. The first kappa shape index (κ1) is 13.2. The van der Waals surface area contributed by atoms with E-state index in [-0.39, 0.29) is 11.5 Å². The highest BCUT2D eigenvalue weighted by molar-refractivity contribution is 5.57. The normalized spacial score (nSPS) is 25.3. The van der Waals surface area contributed by atoms with Crippen LogP contribution in [0.15, 0.2) is 24.3 Å². The molecule has 1 aromatic carbocycles. The maximum absolute atomic E-state index is 9.76. The van der Waals surface area contributed by atoms with Gasteiger partial charge >= 0.3 is 0 Å². The summed E-state index contributed by atoms with van der Waals surface area (Å²) >= 11 is 0. The van der Waals surface area contributed by atoms with Gasteiger partial charge in [-0.1, -0.05) is 32.9 Å². The zero-order chi connectivity index (χ0) is 13.2. The summed E-state index contributed by atoms with van der Waals surface area (Å²) in [6.07, 6.45) is 1.59. The van der Waals surface area contributed by atoms with Crippen molar-refractivity contribution in [2.45, 2.75) is 45.8 Å². The lowest BCUT2D eigenvalue weighted by atomic mass is 9.64. The zero-order valence-corrected chi connectivity index (χ0v) is 11.4. The number of hydrogen-bond acceptors (Lipinski definition) is 3. The van der Waals surface area contributed by atoms with Crippen molar-refractivity contribution in [1.29, 1.82) is 0 Å². The topological polar surface area (TPSA) is 41.5 Å². The summed E-state index contributed by atoms with van der Waals surface area (Å²) in [6, 6.07) is 8.31. The Morgan fingerprint density at radius 2 is 2.11 bits per heavy atom. The van der Waals surface area contributed by atoms with Crippen molar-refractivity contribution < 1.29 is 9.84 Å². The Hall–Kier alpha value is -1.22. The predicted molar refractivity (Wildman–Crippen MR) is 74.0 cm³/mol. The molecule has 100 valence electrons. The van der Waals surface area contributed by atoms with Crippen molar-refractivity contribution in [2.24, 2.45) is 5.41 Å². The molecule has 0 spiro atoms. The average molecular weight is 249 g/mol. The van der Waals surface area contributed by atoms with Gasteiger partial charge in [0.05, 0.1) is 18.4 Å². The molecule has 1 aromatic rings. The monoisotopic (exact) mass is 249 g/mol. The van der Waals surface area contributed by atoms with Crippen LogP contribution in [-0.2, 0) is 0 Å². The summed E-state index contributed by atoms with van der Waals surface area (Å²) in [6.45, 7) is 7.01. The van der Waals surface area contributed by atoms with E-state index in [0.717, 1.165) is 30.9 Å². The van der Waals surface area contributed by atoms with E-state index in [1.54, 1.807) is 0 Å². The molecule has 0 heterocycles. The molecule has 0 saturated heterocycles. The highest BCUT2D eigenvalue weighted by atomic mass is 16.5. The van der Waals surface area contributed by atoms with Gasteiger partial charge in [-0.25, -0.2) is 0 Å². The van der Waals surface area contributed by atoms with Gasteiger partial charge in [0.25, 0.3) is 0 Å². The zero-order valence-electron chi connectivity index (χ0n) is 11.4. The second kappa shape index (κ2) is 5.19. The fraction of sp³-hybridized carbons (Fsp3) is 0.600. The molecule has 3 nitrogen and oxygen atoms in total. The molecule has 2 rings (SSSR count). The molecule has 2 N–H and O–H groups in total. The fourth-order valence-corrected chi connectivity index (χ4v) is 2.26. The Morgan fingerprint density at radius 1 is 1.39 bits per heavy atom. The van der Waals surface area contributed by atoms with Crippen LogP contribution in [0.1, 0.15) is 33.6 Å². The van der Waals surface area contributed by atoms with Crippen molar-refractivity contribution >= 4 is 5.69 Å². The Balaban J connectivity index is 2.05. The summed E-state index contributed by atoms with van der Waals surface area (Å²) in [5.74, 6) is 0.900. The maximum atomic E-state index is 9.76. The Bertz CT molecular complexity index is 403. The second-order valence-electron chi connectivity index (χ2n) is 5.61. The first-order valence-corrected chi connectivity index (χ1v) is 6.72. The summed E-state index contributed by atoms with van der Waals surface area (Å²) in [7, 11) is 0. The lowest BCUT2D eigenvalue weighted by Crippen LogP contribution is -2.56. The van der Waals surface area contributed by atoms with Crippen LogP contribution in [0.25, 0.3) is 0 Å². The third kappa shape index (κ3) is 2.46. The predicted octanol–water partition coefficient (Wildman–Crippen LogP) is 3.05. The van der Waals surface area contributed by atoms with Crippen LogP contribution in [-0.4, -0.2) is 23.9 Å². The highest BCUT2D eigenvalue weighted by Crippen LogP contribution is 2.43. The quantitative estimate of drug-likeness (QED) is 0.842. The van der Waals surface area contributed by atoms with Crippen molar-refractivity contribution in [1.82, 2.24) is 0 Å². The summed E-state index contributed by atoms with van der Waals surface area (Å²) in [5.41, 5.74) is 0.952. The summed E-state index contributed by atoms with van der Waals surface area (Å²) in [5, 5.41) is 13.3. The van der Waals surface area contributed by atoms with E-state index in [4.69, 9.17) is 4.74 Å². The molecule has 1 aliphatic carbocycles. The molecule has 0 aliphatic heterocycles. The minimum absolute atomic E-state index is 0.0716. The van der Waals surface area contributed by atoms with Crippen LogP contribution in [0.5, 0.6) is 5.75 Å². The van der Waals surface area contributed by atoms with Gasteiger partial charge in [-0.2, -0.15) is 0 Å². The van der Waals surface area contributed by atoms with Crippen molar-refractivity contribution in [3.8, 4) is 5.75 Å². The number of rotatable bonds is 5. The van der Waals surface area contributed by atoms with Gasteiger partial charge in [-0.3, -0.25) is 0 Å². The van der Waals surface area contributed by atoms with Gasteiger partial charge in [0.15, 0.2) is 0 Å². The molecular weight excluding hydrogens is 226 g/mol. The smallest absolute Gasteiger partial charge is 0.142 e. The minimum atomic E-state index is -0.210. The van der Waals surface area contributed by atoms with E-state index >= 15 is 0 Å². The maximum Gasteiger partial charge on any atom is 0.142 e. The molecule has 0 amide bonds. The van der Waals surface area contributed by atoms with Crippen LogP contribution in [0.4, 0.5) is 5.69 Å². The van der Waals surface area contributed by atoms with Crippen molar-refractivity contribution in [2.75, 3.05) is 11.9 Å². The number of para-hydroxylation sites is 2. The number of ether oxygens (including phenoxy) is 1. The van der Waals surface area contributed by atoms with Crippen LogP contribution in [0, 0.1) is 5.41 Å². The Kier molecular flexibility index (Phi) is 3.81. The standard InChI is InChI=1S/C15H23NO2/c1-4-9-18-12-8-6-5-7-11(12)16-13-10-14(17)15(13,2)3/h5-8,13-14,16-17H,4,9-10H2,1-3H3. The Labute approximate surface area is 109 Å². The number of benzene rings is 1. The fourth-order valence-electron chi connectivity index (χ4n) is 2.26. The molecular formula is C15H23NO2. The highest BCUT2D eigenvalue weighted by Gasteiger charge is 2.47. The third-order valence-corrected chi connectivity index (χ3v) is 3.89. The van der Waals surface area contributed by atoms with Crippen LogP contribution in [0.3, 0.4) is 0 Å². The number of nitrogens with one attached hydrogen (secondary N) is 1. The van der Waals surface area contributed by atoms with Crippen molar-refractivity contribution in [3.63, 3.8) is 0 Å². The van der Waals surface area contributed by atoms with Crippen LogP contribution >= 0.6 is 0 Å².